The molecule has 3 heterocycles. The van der Waals surface area contributed by atoms with E-state index in [1.165, 1.54) is 6.07 Å². The van der Waals surface area contributed by atoms with Crippen LogP contribution in [0.4, 0.5) is 20.6 Å². The van der Waals surface area contributed by atoms with Crippen molar-refractivity contribution in [1.29, 1.82) is 0 Å². The van der Waals surface area contributed by atoms with E-state index in [1.807, 2.05) is 11.0 Å². The molecule has 4 rings (SSSR count). The minimum atomic E-state index is -0.304. The SMILES string of the molecule is O=C(Nc1cc(F)cc(N2CCCC2)c1)N1CCC(N2CC=CC2)C1. The van der Waals surface area contributed by atoms with Crippen LogP contribution in [0.25, 0.3) is 0 Å². The van der Waals surface area contributed by atoms with Crippen LogP contribution in [0.2, 0.25) is 0 Å². The van der Waals surface area contributed by atoms with Crippen molar-refractivity contribution in [1.82, 2.24) is 9.80 Å². The lowest BCUT2D eigenvalue weighted by Crippen LogP contribution is -2.38. The van der Waals surface area contributed by atoms with E-state index < -0.39 is 0 Å². The van der Waals surface area contributed by atoms with Crippen LogP contribution in [0.1, 0.15) is 19.3 Å². The molecule has 6 heteroatoms. The molecule has 0 saturated carbocycles. The van der Waals surface area contributed by atoms with Gasteiger partial charge in [-0.1, -0.05) is 12.2 Å². The number of nitrogens with one attached hydrogen (secondary N) is 1. The summed E-state index contributed by atoms with van der Waals surface area (Å²) < 4.78 is 14.0. The predicted octanol–water partition coefficient (Wildman–Crippen LogP) is 2.90. The zero-order valence-electron chi connectivity index (χ0n) is 14.5. The van der Waals surface area contributed by atoms with Crippen molar-refractivity contribution in [3.63, 3.8) is 0 Å². The summed E-state index contributed by atoms with van der Waals surface area (Å²) in [4.78, 5) is 19.0. The number of hydrogen-bond donors (Lipinski definition) is 1. The molecule has 2 amide bonds. The van der Waals surface area contributed by atoms with Crippen molar-refractivity contribution >= 4 is 17.4 Å². The third-order valence-electron chi connectivity index (χ3n) is 5.42. The van der Waals surface area contributed by atoms with Gasteiger partial charge in [0.2, 0.25) is 0 Å². The van der Waals surface area contributed by atoms with E-state index >= 15 is 0 Å². The van der Waals surface area contributed by atoms with Crippen LogP contribution in [-0.4, -0.2) is 61.1 Å². The van der Waals surface area contributed by atoms with Crippen LogP contribution in [-0.2, 0) is 0 Å². The molecular weight excluding hydrogens is 319 g/mol. The number of hydrogen-bond acceptors (Lipinski definition) is 3. The quantitative estimate of drug-likeness (QED) is 0.857. The number of halogens is 1. The Balaban J connectivity index is 1.39. The molecule has 2 fully saturated rings. The van der Waals surface area contributed by atoms with Crippen LogP contribution in [0.15, 0.2) is 30.4 Å². The molecule has 134 valence electrons. The Morgan fingerprint density at radius 2 is 1.84 bits per heavy atom. The Hall–Kier alpha value is -2.08. The second kappa shape index (κ2) is 7.04. The van der Waals surface area contributed by atoms with E-state index in [4.69, 9.17) is 0 Å². The lowest BCUT2D eigenvalue weighted by molar-refractivity contribution is 0.212. The van der Waals surface area contributed by atoms with E-state index in [0.717, 1.165) is 64.2 Å². The van der Waals surface area contributed by atoms with Crippen LogP contribution in [0, 0.1) is 5.82 Å². The number of nitrogens with zero attached hydrogens (tertiary/aromatic N) is 3. The summed E-state index contributed by atoms with van der Waals surface area (Å²) in [6.45, 7) is 5.35. The number of benzene rings is 1. The first-order valence-corrected chi connectivity index (χ1v) is 9.19. The molecule has 1 N–H and O–H groups in total. The smallest absolute Gasteiger partial charge is 0.321 e. The topological polar surface area (TPSA) is 38.8 Å². The summed E-state index contributed by atoms with van der Waals surface area (Å²) in [6.07, 6.45) is 7.62. The number of carbonyl (C=O) groups is 1. The molecule has 3 aliphatic rings. The number of anilines is 2. The highest BCUT2D eigenvalue weighted by Crippen LogP contribution is 2.26. The fourth-order valence-electron chi connectivity index (χ4n) is 4.02. The van der Waals surface area contributed by atoms with Gasteiger partial charge < -0.3 is 15.1 Å². The summed E-state index contributed by atoms with van der Waals surface area (Å²) in [5, 5.41) is 2.89. The largest absolute Gasteiger partial charge is 0.371 e. The van der Waals surface area contributed by atoms with Crippen molar-refractivity contribution in [3.05, 3.63) is 36.2 Å². The maximum atomic E-state index is 14.0. The van der Waals surface area contributed by atoms with E-state index in [-0.39, 0.29) is 11.8 Å². The van der Waals surface area contributed by atoms with Crippen LogP contribution >= 0.6 is 0 Å². The van der Waals surface area contributed by atoms with Crippen molar-refractivity contribution in [2.75, 3.05) is 49.5 Å². The monoisotopic (exact) mass is 344 g/mol. The molecule has 0 spiro atoms. The van der Waals surface area contributed by atoms with Gasteiger partial charge in [-0.25, -0.2) is 9.18 Å². The molecule has 5 nitrogen and oxygen atoms in total. The van der Waals surface area contributed by atoms with Gasteiger partial charge in [0.05, 0.1) is 0 Å². The highest BCUT2D eigenvalue weighted by molar-refractivity contribution is 5.90. The van der Waals surface area contributed by atoms with Gasteiger partial charge in [-0.3, -0.25) is 4.90 Å². The molecule has 1 aromatic carbocycles. The van der Waals surface area contributed by atoms with Gasteiger partial charge in [0.25, 0.3) is 0 Å². The van der Waals surface area contributed by atoms with Crippen molar-refractivity contribution in [2.24, 2.45) is 0 Å². The third kappa shape index (κ3) is 3.63. The number of urea groups is 1. The lowest BCUT2D eigenvalue weighted by Gasteiger charge is -2.24. The average Bonchev–Trinajstić information content (AvgIpc) is 3.34. The summed E-state index contributed by atoms with van der Waals surface area (Å²) in [5.74, 6) is -0.304. The molecule has 25 heavy (non-hydrogen) atoms. The Kier molecular flexibility index (Phi) is 4.61. The molecule has 0 aromatic heterocycles. The molecular formula is C19H25FN4O. The minimum absolute atomic E-state index is 0.132. The maximum Gasteiger partial charge on any atom is 0.321 e. The van der Waals surface area contributed by atoms with Gasteiger partial charge >= 0.3 is 6.03 Å². The highest BCUT2D eigenvalue weighted by Gasteiger charge is 2.30. The second-order valence-corrected chi connectivity index (χ2v) is 7.14. The fraction of sp³-hybridized carbons (Fsp3) is 0.526. The first-order chi connectivity index (χ1) is 12.2. The molecule has 0 radical (unpaired) electrons. The Bertz CT molecular complexity index is 663. The van der Waals surface area contributed by atoms with Crippen LogP contribution < -0.4 is 10.2 Å². The molecule has 3 aliphatic heterocycles. The van der Waals surface area contributed by atoms with Gasteiger partial charge in [0, 0.05) is 56.7 Å². The lowest BCUT2D eigenvalue weighted by atomic mass is 10.2. The minimum Gasteiger partial charge on any atom is -0.371 e. The van der Waals surface area contributed by atoms with E-state index in [9.17, 15) is 9.18 Å². The molecule has 0 aliphatic carbocycles. The number of likely N-dealkylation sites (tertiary alicyclic amines) is 1. The summed E-state index contributed by atoms with van der Waals surface area (Å²) in [7, 11) is 0. The summed E-state index contributed by atoms with van der Waals surface area (Å²) >= 11 is 0. The van der Waals surface area contributed by atoms with Gasteiger partial charge in [0.15, 0.2) is 0 Å². The summed E-state index contributed by atoms with van der Waals surface area (Å²) in [5.41, 5.74) is 1.40. The Morgan fingerprint density at radius 1 is 1.08 bits per heavy atom. The zero-order valence-corrected chi connectivity index (χ0v) is 14.5. The predicted molar refractivity (Wildman–Crippen MR) is 97.6 cm³/mol. The van der Waals surface area contributed by atoms with Crippen molar-refractivity contribution in [2.45, 2.75) is 25.3 Å². The average molecular weight is 344 g/mol. The number of carbonyl (C=O) groups excluding carboxylic acids is 1. The number of rotatable bonds is 3. The van der Waals surface area contributed by atoms with E-state index in [0.29, 0.717) is 11.7 Å². The first kappa shape index (κ1) is 16.4. The number of amides is 2. The Labute approximate surface area is 148 Å². The molecule has 1 unspecified atom stereocenters. The first-order valence-electron chi connectivity index (χ1n) is 9.19. The van der Waals surface area contributed by atoms with Gasteiger partial charge in [-0.05, 0) is 37.5 Å². The standard InChI is InChI=1S/C19H25FN4O/c20-15-11-16(13-18(12-15)23-8-3-4-9-23)21-19(25)24-10-5-17(14-24)22-6-1-2-7-22/h1-2,11-13,17H,3-10,14H2,(H,21,25). The molecule has 2 saturated heterocycles. The zero-order chi connectivity index (χ0) is 17.2. The maximum absolute atomic E-state index is 14.0. The van der Waals surface area contributed by atoms with Crippen LogP contribution in [0.3, 0.4) is 0 Å². The molecule has 1 aromatic rings. The normalized spacial score (nSPS) is 23.6. The van der Waals surface area contributed by atoms with E-state index in [2.05, 4.69) is 27.3 Å². The van der Waals surface area contributed by atoms with E-state index in [1.54, 1.807) is 6.07 Å². The third-order valence-corrected chi connectivity index (χ3v) is 5.42. The van der Waals surface area contributed by atoms with Crippen molar-refractivity contribution in [3.8, 4) is 0 Å². The van der Waals surface area contributed by atoms with Gasteiger partial charge in [-0.2, -0.15) is 0 Å². The Morgan fingerprint density at radius 3 is 2.60 bits per heavy atom. The highest BCUT2D eigenvalue weighted by atomic mass is 19.1. The second-order valence-electron chi connectivity index (χ2n) is 7.14. The van der Waals surface area contributed by atoms with Crippen molar-refractivity contribution < 1.29 is 9.18 Å². The fourth-order valence-corrected chi connectivity index (χ4v) is 4.02. The van der Waals surface area contributed by atoms with Gasteiger partial charge in [-0.15, -0.1) is 0 Å². The van der Waals surface area contributed by atoms with Gasteiger partial charge in [0.1, 0.15) is 5.82 Å². The molecule has 0 bridgehead atoms. The molecule has 1 atom stereocenters. The van der Waals surface area contributed by atoms with Crippen LogP contribution in [0.5, 0.6) is 0 Å². The summed E-state index contributed by atoms with van der Waals surface area (Å²) in [6, 6.07) is 5.12.